The van der Waals surface area contributed by atoms with Crippen molar-refractivity contribution in [2.45, 2.75) is 32.4 Å². The molecule has 96 valence electrons. The van der Waals surface area contributed by atoms with Crippen LogP contribution in [0.2, 0.25) is 0 Å². The average Bonchev–Trinajstić information content (AvgIpc) is 2.35. The SMILES string of the molecule is CC[C@@H](CO)Nc1ncc2c(n1)CNCC2.Cl. The number of aliphatic hydroxyl groups is 1. The smallest absolute Gasteiger partial charge is 0.223 e. The minimum atomic E-state index is 0. The van der Waals surface area contributed by atoms with Crippen molar-refractivity contribution in [3.63, 3.8) is 0 Å². The zero-order chi connectivity index (χ0) is 11.4. The maximum Gasteiger partial charge on any atom is 0.223 e. The van der Waals surface area contributed by atoms with E-state index in [4.69, 9.17) is 5.11 Å². The number of anilines is 1. The Balaban J connectivity index is 0.00000144. The van der Waals surface area contributed by atoms with E-state index in [0.29, 0.717) is 5.95 Å². The standard InChI is InChI=1S/C11H18N4O.ClH/c1-2-9(7-16)14-11-13-5-8-3-4-12-6-10(8)15-11;/h5,9,12,16H,2-4,6-7H2,1H3,(H,13,14,15);1H/t9-;/m0./s1. The van der Waals surface area contributed by atoms with Gasteiger partial charge in [0.2, 0.25) is 5.95 Å². The number of halogens is 1. The summed E-state index contributed by atoms with van der Waals surface area (Å²) in [6.45, 7) is 3.93. The largest absolute Gasteiger partial charge is 0.394 e. The number of nitrogens with one attached hydrogen (secondary N) is 2. The van der Waals surface area contributed by atoms with Crippen LogP contribution in [0.5, 0.6) is 0 Å². The second kappa shape index (κ2) is 6.74. The molecule has 2 rings (SSSR count). The second-order valence-electron chi connectivity index (χ2n) is 4.02. The Hall–Kier alpha value is -0.910. The molecule has 0 fully saturated rings. The summed E-state index contributed by atoms with van der Waals surface area (Å²) in [7, 11) is 0. The van der Waals surface area contributed by atoms with E-state index in [1.807, 2.05) is 13.1 Å². The fourth-order valence-electron chi connectivity index (χ4n) is 1.76. The first-order chi connectivity index (χ1) is 7.83. The van der Waals surface area contributed by atoms with Gasteiger partial charge in [0.1, 0.15) is 0 Å². The van der Waals surface area contributed by atoms with Crippen molar-refractivity contribution in [2.24, 2.45) is 0 Å². The van der Waals surface area contributed by atoms with Crippen LogP contribution in [0.1, 0.15) is 24.6 Å². The van der Waals surface area contributed by atoms with Crippen LogP contribution in [0, 0.1) is 0 Å². The quantitative estimate of drug-likeness (QED) is 0.743. The number of aliphatic hydroxyl groups excluding tert-OH is 1. The third kappa shape index (κ3) is 3.52. The van der Waals surface area contributed by atoms with Gasteiger partial charge in [0.15, 0.2) is 0 Å². The number of nitrogens with zero attached hydrogens (tertiary/aromatic N) is 2. The molecule has 1 aliphatic rings. The topological polar surface area (TPSA) is 70.1 Å². The van der Waals surface area contributed by atoms with Gasteiger partial charge >= 0.3 is 0 Å². The molecule has 2 heterocycles. The lowest BCUT2D eigenvalue weighted by Crippen LogP contribution is -2.27. The predicted octanol–water partition coefficient (Wildman–Crippen LogP) is 0.727. The zero-order valence-corrected chi connectivity index (χ0v) is 10.8. The van der Waals surface area contributed by atoms with Gasteiger partial charge in [0.25, 0.3) is 0 Å². The summed E-state index contributed by atoms with van der Waals surface area (Å²) >= 11 is 0. The van der Waals surface area contributed by atoms with Crippen molar-refractivity contribution in [1.82, 2.24) is 15.3 Å². The van der Waals surface area contributed by atoms with Crippen LogP contribution >= 0.6 is 12.4 Å². The molecular weight excluding hydrogens is 240 g/mol. The molecule has 0 aromatic carbocycles. The summed E-state index contributed by atoms with van der Waals surface area (Å²) in [6.07, 6.45) is 3.73. The van der Waals surface area contributed by atoms with Crippen LogP contribution in [0.25, 0.3) is 0 Å². The summed E-state index contributed by atoms with van der Waals surface area (Å²) in [6, 6.07) is 0.0367. The Labute approximate surface area is 107 Å². The van der Waals surface area contributed by atoms with Gasteiger partial charge in [-0.1, -0.05) is 6.92 Å². The van der Waals surface area contributed by atoms with E-state index in [1.54, 1.807) is 0 Å². The molecule has 17 heavy (non-hydrogen) atoms. The van der Waals surface area contributed by atoms with Crippen molar-refractivity contribution in [3.05, 3.63) is 17.5 Å². The average molecular weight is 259 g/mol. The maximum atomic E-state index is 9.10. The summed E-state index contributed by atoms with van der Waals surface area (Å²) in [4.78, 5) is 8.72. The minimum Gasteiger partial charge on any atom is -0.394 e. The first-order valence-corrected chi connectivity index (χ1v) is 5.76. The van der Waals surface area contributed by atoms with Crippen molar-refractivity contribution >= 4 is 18.4 Å². The van der Waals surface area contributed by atoms with Gasteiger partial charge in [-0.2, -0.15) is 0 Å². The van der Waals surface area contributed by atoms with Gasteiger partial charge in [0.05, 0.1) is 18.3 Å². The normalized spacial score (nSPS) is 15.6. The van der Waals surface area contributed by atoms with E-state index in [0.717, 1.165) is 31.6 Å². The third-order valence-electron chi connectivity index (χ3n) is 2.86. The Kier molecular flexibility index (Phi) is 5.61. The monoisotopic (exact) mass is 258 g/mol. The van der Waals surface area contributed by atoms with E-state index < -0.39 is 0 Å². The van der Waals surface area contributed by atoms with E-state index in [9.17, 15) is 0 Å². The highest BCUT2D eigenvalue weighted by atomic mass is 35.5. The summed E-state index contributed by atoms with van der Waals surface area (Å²) < 4.78 is 0. The molecule has 0 aliphatic carbocycles. The van der Waals surface area contributed by atoms with Crippen LogP contribution in [0.3, 0.4) is 0 Å². The molecule has 6 heteroatoms. The zero-order valence-electron chi connectivity index (χ0n) is 9.94. The van der Waals surface area contributed by atoms with Crippen LogP contribution in [-0.2, 0) is 13.0 Å². The van der Waals surface area contributed by atoms with Crippen LogP contribution in [-0.4, -0.2) is 34.3 Å². The number of hydrogen-bond donors (Lipinski definition) is 3. The van der Waals surface area contributed by atoms with E-state index in [2.05, 4.69) is 20.6 Å². The Bertz CT molecular complexity index is 357. The predicted molar refractivity (Wildman–Crippen MR) is 69.5 cm³/mol. The van der Waals surface area contributed by atoms with E-state index >= 15 is 0 Å². The van der Waals surface area contributed by atoms with Crippen molar-refractivity contribution in [2.75, 3.05) is 18.5 Å². The highest BCUT2D eigenvalue weighted by molar-refractivity contribution is 5.85. The summed E-state index contributed by atoms with van der Waals surface area (Å²) in [5.41, 5.74) is 2.29. The molecule has 1 atom stereocenters. The van der Waals surface area contributed by atoms with Gasteiger partial charge in [0, 0.05) is 12.7 Å². The molecule has 0 radical (unpaired) electrons. The van der Waals surface area contributed by atoms with Gasteiger partial charge in [-0.25, -0.2) is 9.97 Å². The van der Waals surface area contributed by atoms with Crippen LogP contribution in [0.15, 0.2) is 6.20 Å². The lowest BCUT2D eigenvalue weighted by Gasteiger charge is -2.18. The van der Waals surface area contributed by atoms with Crippen molar-refractivity contribution in [1.29, 1.82) is 0 Å². The molecule has 0 spiro atoms. The molecule has 1 aromatic rings. The highest BCUT2D eigenvalue weighted by Gasteiger charge is 2.12. The highest BCUT2D eigenvalue weighted by Crippen LogP contribution is 2.12. The number of hydrogen-bond acceptors (Lipinski definition) is 5. The summed E-state index contributed by atoms with van der Waals surface area (Å²) in [5.74, 6) is 0.614. The molecule has 0 bridgehead atoms. The van der Waals surface area contributed by atoms with Gasteiger partial charge in [-0.15, -0.1) is 12.4 Å². The second-order valence-corrected chi connectivity index (χ2v) is 4.02. The van der Waals surface area contributed by atoms with Crippen molar-refractivity contribution < 1.29 is 5.11 Å². The Morgan fingerprint density at radius 1 is 1.59 bits per heavy atom. The Morgan fingerprint density at radius 2 is 2.41 bits per heavy atom. The molecule has 1 aromatic heterocycles. The first kappa shape index (κ1) is 14.2. The molecule has 0 unspecified atom stereocenters. The van der Waals surface area contributed by atoms with E-state index in [-0.39, 0.29) is 25.1 Å². The van der Waals surface area contributed by atoms with Gasteiger partial charge in [-0.3, -0.25) is 0 Å². The molecule has 3 N–H and O–H groups in total. The number of rotatable bonds is 4. The lowest BCUT2D eigenvalue weighted by atomic mass is 10.1. The van der Waals surface area contributed by atoms with Gasteiger partial charge in [-0.05, 0) is 24.9 Å². The number of fused-ring (bicyclic) bond motifs is 1. The molecule has 0 saturated heterocycles. The van der Waals surface area contributed by atoms with Crippen molar-refractivity contribution in [3.8, 4) is 0 Å². The number of aromatic nitrogens is 2. The molecule has 0 saturated carbocycles. The summed E-state index contributed by atoms with van der Waals surface area (Å²) in [5, 5.41) is 15.5. The van der Waals surface area contributed by atoms with Crippen LogP contribution in [0.4, 0.5) is 5.95 Å². The van der Waals surface area contributed by atoms with E-state index in [1.165, 1.54) is 5.56 Å². The lowest BCUT2D eigenvalue weighted by molar-refractivity contribution is 0.271. The molecule has 0 amide bonds. The van der Waals surface area contributed by atoms with Gasteiger partial charge < -0.3 is 15.7 Å². The molecule has 5 nitrogen and oxygen atoms in total. The maximum absolute atomic E-state index is 9.10. The van der Waals surface area contributed by atoms with Crippen LogP contribution < -0.4 is 10.6 Å². The fourth-order valence-corrected chi connectivity index (χ4v) is 1.76. The fraction of sp³-hybridized carbons (Fsp3) is 0.636. The molecule has 1 aliphatic heterocycles. The molecular formula is C11H19ClN4O. The Morgan fingerprint density at radius 3 is 3.12 bits per heavy atom. The third-order valence-corrected chi connectivity index (χ3v) is 2.86. The first-order valence-electron chi connectivity index (χ1n) is 5.76. The minimum absolute atomic E-state index is 0.